The van der Waals surface area contributed by atoms with Crippen molar-refractivity contribution in [3.8, 4) is 5.75 Å². The molecule has 7 nitrogen and oxygen atoms in total. The van der Waals surface area contributed by atoms with Crippen LogP contribution in [0.4, 0.5) is 10.5 Å². The number of nitrogens with zero attached hydrogens (tertiary/aromatic N) is 3. The average Bonchev–Trinajstić information content (AvgIpc) is 2.97. The lowest BCUT2D eigenvalue weighted by molar-refractivity contribution is 0.251. The van der Waals surface area contributed by atoms with Crippen molar-refractivity contribution in [2.24, 2.45) is 0 Å². The average molecular weight is 289 g/mol. The first-order valence-electron chi connectivity index (χ1n) is 6.72. The molecule has 0 aliphatic heterocycles. The molecule has 0 unspecified atom stereocenters. The third kappa shape index (κ3) is 4.48. The van der Waals surface area contributed by atoms with E-state index >= 15 is 0 Å². The molecule has 0 bridgehead atoms. The molecule has 1 heterocycles. The summed E-state index contributed by atoms with van der Waals surface area (Å²) < 4.78 is 6.91. The predicted molar refractivity (Wildman–Crippen MR) is 79.4 cm³/mol. The smallest absolute Gasteiger partial charge is 0.319 e. The lowest BCUT2D eigenvalue weighted by Crippen LogP contribution is -2.30. The molecule has 112 valence electrons. The molecule has 21 heavy (non-hydrogen) atoms. The van der Waals surface area contributed by atoms with Crippen LogP contribution in [0.25, 0.3) is 0 Å². The number of hydrogen-bond acceptors (Lipinski definition) is 4. The molecule has 1 aromatic carbocycles. The van der Waals surface area contributed by atoms with Crippen molar-refractivity contribution in [1.82, 2.24) is 20.3 Å². The minimum absolute atomic E-state index is 0.224. The number of urea groups is 1. The van der Waals surface area contributed by atoms with E-state index in [-0.39, 0.29) is 6.03 Å². The summed E-state index contributed by atoms with van der Waals surface area (Å²) >= 11 is 0. The van der Waals surface area contributed by atoms with Crippen LogP contribution in [0.3, 0.4) is 0 Å². The number of hydrogen-bond donors (Lipinski definition) is 2. The maximum Gasteiger partial charge on any atom is 0.319 e. The van der Waals surface area contributed by atoms with Gasteiger partial charge < -0.3 is 15.4 Å². The zero-order valence-corrected chi connectivity index (χ0v) is 12.2. The molecule has 0 saturated carbocycles. The van der Waals surface area contributed by atoms with Gasteiger partial charge >= 0.3 is 6.03 Å². The maximum atomic E-state index is 11.8. The van der Waals surface area contributed by atoms with E-state index in [4.69, 9.17) is 4.74 Å². The van der Waals surface area contributed by atoms with E-state index in [1.165, 1.54) is 0 Å². The Kier molecular flexibility index (Phi) is 5.14. The summed E-state index contributed by atoms with van der Waals surface area (Å²) in [6, 6.07) is 5.28. The molecular weight excluding hydrogens is 270 g/mol. The Morgan fingerprint density at radius 1 is 1.43 bits per heavy atom. The zero-order valence-electron chi connectivity index (χ0n) is 12.2. The highest BCUT2D eigenvalue weighted by Gasteiger charge is 2.04. The molecule has 1 aromatic heterocycles. The van der Waals surface area contributed by atoms with Gasteiger partial charge in [0.05, 0.1) is 13.3 Å². The monoisotopic (exact) mass is 289 g/mol. The SMILES string of the molecule is COc1ccc(NC(=O)NCCCn2ccnn2)cc1C. The van der Waals surface area contributed by atoms with Crippen molar-refractivity contribution in [1.29, 1.82) is 0 Å². The number of carbonyl (C=O) groups is 1. The van der Waals surface area contributed by atoms with Gasteiger partial charge in [0.1, 0.15) is 5.75 Å². The van der Waals surface area contributed by atoms with Crippen molar-refractivity contribution < 1.29 is 9.53 Å². The number of ether oxygens (including phenoxy) is 1. The van der Waals surface area contributed by atoms with Gasteiger partial charge in [-0.05, 0) is 37.1 Å². The van der Waals surface area contributed by atoms with E-state index < -0.39 is 0 Å². The molecule has 0 atom stereocenters. The van der Waals surface area contributed by atoms with Crippen LogP contribution in [-0.4, -0.2) is 34.7 Å². The van der Waals surface area contributed by atoms with E-state index in [1.807, 2.05) is 19.1 Å². The van der Waals surface area contributed by atoms with E-state index in [9.17, 15) is 4.79 Å². The molecule has 2 rings (SSSR count). The lowest BCUT2D eigenvalue weighted by atomic mass is 10.2. The first kappa shape index (κ1) is 14.8. The van der Waals surface area contributed by atoms with Gasteiger partial charge in [0.15, 0.2) is 0 Å². The summed E-state index contributed by atoms with van der Waals surface area (Å²) in [5.74, 6) is 0.800. The Labute approximate surface area is 123 Å². The lowest BCUT2D eigenvalue weighted by Gasteiger charge is -2.10. The van der Waals surface area contributed by atoms with Gasteiger partial charge in [-0.1, -0.05) is 5.21 Å². The molecule has 0 saturated heterocycles. The van der Waals surface area contributed by atoms with Crippen LogP contribution in [0.1, 0.15) is 12.0 Å². The van der Waals surface area contributed by atoms with E-state index in [1.54, 1.807) is 30.3 Å². The molecule has 0 aliphatic carbocycles. The zero-order chi connectivity index (χ0) is 15.1. The molecule has 0 radical (unpaired) electrons. The van der Waals surface area contributed by atoms with Crippen LogP contribution >= 0.6 is 0 Å². The summed E-state index contributed by atoms with van der Waals surface area (Å²) in [6.07, 6.45) is 4.21. The Balaban J connectivity index is 1.72. The fourth-order valence-electron chi connectivity index (χ4n) is 1.93. The molecule has 0 aliphatic rings. The van der Waals surface area contributed by atoms with Gasteiger partial charge in [0.25, 0.3) is 0 Å². The Hall–Kier alpha value is -2.57. The molecular formula is C14H19N5O2. The van der Waals surface area contributed by atoms with Gasteiger partial charge in [-0.2, -0.15) is 0 Å². The fraction of sp³-hybridized carbons (Fsp3) is 0.357. The Bertz CT molecular complexity index is 583. The van der Waals surface area contributed by atoms with E-state index in [0.29, 0.717) is 6.54 Å². The normalized spacial score (nSPS) is 10.2. The topological polar surface area (TPSA) is 81.1 Å². The highest BCUT2D eigenvalue weighted by atomic mass is 16.5. The number of amides is 2. The Morgan fingerprint density at radius 3 is 2.95 bits per heavy atom. The van der Waals surface area contributed by atoms with Gasteiger partial charge in [0, 0.05) is 25.0 Å². The second kappa shape index (κ2) is 7.28. The highest BCUT2D eigenvalue weighted by Crippen LogP contribution is 2.21. The van der Waals surface area contributed by atoms with Crippen LogP contribution in [0.15, 0.2) is 30.6 Å². The maximum absolute atomic E-state index is 11.8. The largest absolute Gasteiger partial charge is 0.496 e. The third-order valence-corrected chi connectivity index (χ3v) is 2.97. The van der Waals surface area contributed by atoms with Gasteiger partial charge in [-0.25, -0.2) is 4.79 Å². The fourth-order valence-corrected chi connectivity index (χ4v) is 1.93. The third-order valence-electron chi connectivity index (χ3n) is 2.97. The van der Waals surface area contributed by atoms with Crippen molar-refractivity contribution in [3.05, 3.63) is 36.2 Å². The molecule has 7 heteroatoms. The van der Waals surface area contributed by atoms with E-state index in [2.05, 4.69) is 20.9 Å². The van der Waals surface area contributed by atoms with E-state index in [0.717, 1.165) is 30.0 Å². The number of aryl methyl sites for hydroxylation is 2. The Morgan fingerprint density at radius 2 is 2.29 bits per heavy atom. The first-order valence-corrected chi connectivity index (χ1v) is 6.72. The first-order chi connectivity index (χ1) is 10.2. The van der Waals surface area contributed by atoms with Crippen molar-refractivity contribution in [2.45, 2.75) is 19.9 Å². The molecule has 0 spiro atoms. The number of nitrogens with one attached hydrogen (secondary N) is 2. The number of methoxy groups -OCH3 is 1. The standard InChI is InChI=1S/C14H19N5O2/c1-11-10-12(4-5-13(11)21-2)17-14(20)15-6-3-8-19-9-7-16-18-19/h4-5,7,9-10H,3,6,8H2,1-2H3,(H2,15,17,20). The van der Waals surface area contributed by atoms with Crippen LogP contribution in [0.5, 0.6) is 5.75 Å². The predicted octanol–water partition coefficient (Wildman–Crippen LogP) is 1.81. The number of rotatable bonds is 6. The van der Waals surface area contributed by atoms with Crippen molar-refractivity contribution in [2.75, 3.05) is 19.0 Å². The summed E-state index contributed by atoms with van der Waals surface area (Å²) in [5, 5.41) is 13.2. The molecule has 2 amide bonds. The van der Waals surface area contributed by atoms with Crippen molar-refractivity contribution in [3.63, 3.8) is 0 Å². The number of anilines is 1. The molecule has 0 fully saturated rings. The van der Waals surface area contributed by atoms with Gasteiger partial charge in [-0.15, -0.1) is 5.10 Å². The van der Waals surface area contributed by atoms with Crippen LogP contribution in [0, 0.1) is 6.92 Å². The number of benzene rings is 1. The molecule has 2 aromatic rings. The summed E-state index contributed by atoms with van der Waals surface area (Å²) in [4.78, 5) is 11.8. The van der Waals surface area contributed by atoms with Crippen LogP contribution in [0.2, 0.25) is 0 Å². The summed E-state index contributed by atoms with van der Waals surface area (Å²) in [6.45, 7) is 3.22. The summed E-state index contributed by atoms with van der Waals surface area (Å²) in [5.41, 5.74) is 1.71. The van der Waals surface area contributed by atoms with Crippen LogP contribution in [-0.2, 0) is 6.54 Å². The molecule has 2 N–H and O–H groups in total. The second-order valence-electron chi connectivity index (χ2n) is 4.58. The number of aromatic nitrogens is 3. The van der Waals surface area contributed by atoms with Crippen LogP contribution < -0.4 is 15.4 Å². The van der Waals surface area contributed by atoms with Gasteiger partial charge in [0.2, 0.25) is 0 Å². The second-order valence-corrected chi connectivity index (χ2v) is 4.58. The number of carbonyl (C=O) groups excluding carboxylic acids is 1. The minimum Gasteiger partial charge on any atom is -0.496 e. The van der Waals surface area contributed by atoms with Gasteiger partial charge in [-0.3, -0.25) is 4.68 Å². The minimum atomic E-state index is -0.224. The quantitative estimate of drug-likeness (QED) is 0.795. The highest BCUT2D eigenvalue weighted by molar-refractivity contribution is 5.89. The van der Waals surface area contributed by atoms with Crippen molar-refractivity contribution >= 4 is 11.7 Å². The summed E-state index contributed by atoms with van der Waals surface area (Å²) in [7, 11) is 1.62.